The Labute approximate surface area is 144 Å². The highest BCUT2D eigenvalue weighted by atomic mass is 35.5. The Morgan fingerprint density at radius 1 is 0.773 bits per heavy atom. The van der Waals surface area contributed by atoms with Crippen molar-refractivity contribution in [2.24, 2.45) is 0 Å². The van der Waals surface area contributed by atoms with E-state index in [9.17, 15) is 0 Å². The molecule has 0 saturated carbocycles. The average molecular weight is 347 g/mol. The third-order valence-corrected chi connectivity index (χ3v) is 4.26. The Bertz CT molecular complexity index is 844. The van der Waals surface area contributed by atoms with Gasteiger partial charge in [-0.1, -0.05) is 65.7 Å². The van der Waals surface area contributed by atoms with E-state index in [0.29, 0.717) is 20.8 Å². The lowest BCUT2D eigenvalue weighted by molar-refractivity contribution is 1.61. The molecule has 2 nitrogen and oxygen atoms in total. The molecule has 3 rings (SSSR count). The zero-order chi connectivity index (χ0) is 15.5. The van der Waals surface area contributed by atoms with Crippen LogP contribution in [0.2, 0.25) is 10.0 Å². The third-order valence-electron chi connectivity index (χ3n) is 3.24. The molecular weight excluding hydrogens is 335 g/mol. The Morgan fingerprint density at radius 2 is 1.41 bits per heavy atom. The summed E-state index contributed by atoms with van der Waals surface area (Å²) in [6.45, 7) is 0. The molecule has 2 N–H and O–H groups in total. The van der Waals surface area contributed by atoms with E-state index in [-0.39, 0.29) is 0 Å². The van der Waals surface area contributed by atoms with Gasteiger partial charge in [0.05, 0.1) is 15.7 Å². The van der Waals surface area contributed by atoms with Crippen LogP contribution in [0.3, 0.4) is 0 Å². The summed E-state index contributed by atoms with van der Waals surface area (Å²) in [4.78, 5) is 0. The standard InChI is InChI=1S/C17H12Cl2N2S/c18-13-8-4-10-15(16(13)19)21-17(22)20-14-9-3-6-11-5-1-2-7-12(11)14/h1-10H,(H2,20,21,22). The molecule has 3 aromatic carbocycles. The fourth-order valence-electron chi connectivity index (χ4n) is 2.21. The molecule has 22 heavy (non-hydrogen) atoms. The highest BCUT2D eigenvalue weighted by molar-refractivity contribution is 7.80. The first-order valence-electron chi connectivity index (χ1n) is 6.65. The summed E-state index contributed by atoms with van der Waals surface area (Å²) in [5, 5.41) is 9.91. The number of nitrogens with one attached hydrogen (secondary N) is 2. The van der Waals surface area contributed by atoms with Crippen LogP contribution in [0.15, 0.2) is 60.7 Å². The van der Waals surface area contributed by atoms with E-state index in [4.69, 9.17) is 35.4 Å². The maximum absolute atomic E-state index is 6.15. The number of thiocarbonyl (C=S) groups is 1. The van der Waals surface area contributed by atoms with Gasteiger partial charge in [-0.25, -0.2) is 0 Å². The molecule has 0 aliphatic rings. The normalized spacial score (nSPS) is 10.5. The van der Waals surface area contributed by atoms with Gasteiger partial charge in [0.15, 0.2) is 5.11 Å². The smallest absolute Gasteiger partial charge is 0.175 e. The van der Waals surface area contributed by atoms with Crippen molar-refractivity contribution in [2.75, 3.05) is 10.6 Å². The van der Waals surface area contributed by atoms with Crippen LogP contribution in [0.1, 0.15) is 0 Å². The molecule has 0 aliphatic carbocycles. The maximum atomic E-state index is 6.15. The number of fused-ring (bicyclic) bond motifs is 1. The molecule has 110 valence electrons. The van der Waals surface area contributed by atoms with Crippen LogP contribution in [0.5, 0.6) is 0 Å². The molecule has 0 aromatic heterocycles. The van der Waals surface area contributed by atoms with E-state index in [1.807, 2.05) is 42.5 Å². The second kappa shape index (κ2) is 6.53. The van der Waals surface area contributed by atoms with Crippen molar-refractivity contribution >= 4 is 62.7 Å². The fourth-order valence-corrected chi connectivity index (χ4v) is 2.78. The molecule has 0 spiro atoms. The second-order valence-electron chi connectivity index (χ2n) is 4.71. The summed E-state index contributed by atoms with van der Waals surface area (Å²) in [6, 6.07) is 19.5. The number of hydrogen-bond donors (Lipinski definition) is 2. The van der Waals surface area contributed by atoms with Crippen molar-refractivity contribution in [1.29, 1.82) is 0 Å². The Morgan fingerprint density at radius 3 is 2.27 bits per heavy atom. The molecule has 0 fully saturated rings. The second-order valence-corrected chi connectivity index (χ2v) is 5.90. The van der Waals surface area contributed by atoms with Gasteiger partial charge in [0, 0.05) is 11.1 Å². The van der Waals surface area contributed by atoms with Crippen LogP contribution in [-0.4, -0.2) is 5.11 Å². The lowest BCUT2D eigenvalue weighted by Gasteiger charge is -2.14. The minimum absolute atomic E-state index is 0.450. The molecular formula is C17H12Cl2N2S. The molecule has 0 atom stereocenters. The highest BCUT2D eigenvalue weighted by Gasteiger charge is 2.07. The van der Waals surface area contributed by atoms with E-state index in [0.717, 1.165) is 16.5 Å². The molecule has 0 radical (unpaired) electrons. The lowest BCUT2D eigenvalue weighted by Crippen LogP contribution is -2.19. The molecule has 5 heteroatoms. The van der Waals surface area contributed by atoms with E-state index in [1.54, 1.807) is 6.07 Å². The minimum Gasteiger partial charge on any atom is -0.332 e. The molecule has 0 heterocycles. The summed E-state index contributed by atoms with van der Waals surface area (Å²) in [5.74, 6) is 0. The monoisotopic (exact) mass is 346 g/mol. The van der Waals surface area contributed by atoms with Crippen LogP contribution < -0.4 is 10.6 Å². The van der Waals surface area contributed by atoms with Gasteiger partial charge >= 0.3 is 0 Å². The average Bonchev–Trinajstić information content (AvgIpc) is 2.52. The number of anilines is 2. The van der Waals surface area contributed by atoms with Gasteiger partial charge in [0.1, 0.15) is 0 Å². The van der Waals surface area contributed by atoms with E-state index < -0.39 is 0 Å². The molecule has 3 aromatic rings. The number of halogens is 2. The van der Waals surface area contributed by atoms with E-state index in [2.05, 4.69) is 22.8 Å². The molecule has 0 aliphatic heterocycles. The van der Waals surface area contributed by atoms with Crippen molar-refractivity contribution in [3.63, 3.8) is 0 Å². The van der Waals surface area contributed by atoms with E-state index in [1.165, 1.54) is 0 Å². The van der Waals surface area contributed by atoms with Gasteiger partial charge in [-0.15, -0.1) is 0 Å². The summed E-state index contributed by atoms with van der Waals surface area (Å²) in [5.41, 5.74) is 1.61. The fraction of sp³-hybridized carbons (Fsp3) is 0. The largest absolute Gasteiger partial charge is 0.332 e. The Kier molecular flexibility index (Phi) is 4.48. The maximum Gasteiger partial charge on any atom is 0.175 e. The summed E-state index contributed by atoms with van der Waals surface area (Å²) < 4.78 is 0. The molecule has 0 amide bonds. The minimum atomic E-state index is 0.450. The van der Waals surface area contributed by atoms with Gasteiger partial charge in [-0.3, -0.25) is 0 Å². The Hall–Kier alpha value is -1.81. The van der Waals surface area contributed by atoms with Gasteiger partial charge in [-0.2, -0.15) is 0 Å². The van der Waals surface area contributed by atoms with Crippen molar-refractivity contribution in [3.8, 4) is 0 Å². The van der Waals surface area contributed by atoms with Crippen LogP contribution in [-0.2, 0) is 0 Å². The predicted octanol–water partition coefficient (Wildman–Crippen LogP) is 5.96. The van der Waals surface area contributed by atoms with Crippen molar-refractivity contribution in [2.45, 2.75) is 0 Å². The quantitative estimate of drug-likeness (QED) is 0.560. The van der Waals surface area contributed by atoms with Crippen LogP contribution in [0.25, 0.3) is 10.8 Å². The van der Waals surface area contributed by atoms with Gasteiger partial charge in [-0.05, 0) is 35.8 Å². The Balaban J connectivity index is 1.83. The molecule has 0 unspecified atom stereocenters. The van der Waals surface area contributed by atoms with Crippen LogP contribution in [0.4, 0.5) is 11.4 Å². The van der Waals surface area contributed by atoms with Crippen LogP contribution >= 0.6 is 35.4 Å². The highest BCUT2D eigenvalue weighted by Crippen LogP contribution is 2.30. The lowest BCUT2D eigenvalue weighted by atomic mass is 10.1. The van der Waals surface area contributed by atoms with E-state index >= 15 is 0 Å². The SMILES string of the molecule is S=C(Nc1cccc(Cl)c1Cl)Nc1cccc2ccccc12. The van der Waals surface area contributed by atoms with Gasteiger partial charge < -0.3 is 10.6 Å². The zero-order valence-electron chi connectivity index (χ0n) is 11.4. The number of benzene rings is 3. The summed E-state index contributed by atoms with van der Waals surface area (Å²) in [6.07, 6.45) is 0. The van der Waals surface area contributed by atoms with Crippen molar-refractivity contribution in [3.05, 3.63) is 70.7 Å². The van der Waals surface area contributed by atoms with Crippen molar-refractivity contribution < 1.29 is 0 Å². The number of rotatable bonds is 2. The summed E-state index contributed by atoms with van der Waals surface area (Å²) >= 11 is 17.5. The van der Waals surface area contributed by atoms with Crippen molar-refractivity contribution in [1.82, 2.24) is 0 Å². The number of hydrogen-bond acceptors (Lipinski definition) is 1. The topological polar surface area (TPSA) is 24.1 Å². The van der Waals surface area contributed by atoms with Gasteiger partial charge in [0.2, 0.25) is 0 Å². The zero-order valence-corrected chi connectivity index (χ0v) is 13.8. The molecule has 0 bridgehead atoms. The van der Waals surface area contributed by atoms with Crippen LogP contribution in [0, 0.1) is 0 Å². The summed E-state index contributed by atoms with van der Waals surface area (Å²) in [7, 11) is 0. The third kappa shape index (κ3) is 3.17. The van der Waals surface area contributed by atoms with Gasteiger partial charge in [0.25, 0.3) is 0 Å². The first kappa shape index (κ1) is 15.1. The first-order chi connectivity index (χ1) is 10.6. The first-order valence-corrected chi connectivity index (χ1v) is 7.81. The predicted molar refractivity (Wildman–Crippen MR) is 100 cm³/mol. The molecule has 0 saturated heterocycles.